The molecule has 2 aliphatic heterocycles. The lowest BCUT2D eigenvalue weighted by Gasteiger charge is -2.29. The van der Waals surface area contributed by atoms with Gasteiger partial charge in [-0.25, -0.2) is 9.97 Å². The van der Waals surface area contributed by atoms with Crippen LogP contribution in [0.3, 0.4) is 0 Å². The number of carbonyl (C=O) groups is 1. The molecule has 0 spiro atoms. The molecule has 1 N–H and O–H groups in total. The molecule has 1 amide bonds. The van der Waals surface area contributed by atoms with Crippen LogP contribution in [0, 0.1) is 0 Å². The molecule has 1 aromatic carbocycles. The molecular weight excluding hydrogens is 372 g/mol. The SMILES string of the molecule is COc1cc2c(cc1OC)CN(C(=O)c1cnc(NCC3CCCO3)cn1)CC2. The van der Waals surface area contributed by atoms with Crippen molar-refractivity contribution in [2.24, 2.45) is 0 Å². The summed E-state index contributed by atoms with van der Waals surface area (Å²) >= 11 is 0. The maximum atomic E-state index is 12.9. The third kappa shape index (κ3) is 4.27. The van der Waals surface area contributed by atoms with Gasteiger partial charge in [0.2, 0.25) is 0 Å². The molecule has 0 radical (unpaired) electrons. The van der Waals surface area contributed by atoms with E-state index in [1.165, 1.54) is 11.8 Å². The molecule has 1 fully saturated rings. The summed E-state index contributed by atoms with van der Waals surface area (Å²) in [6.45, 7) is 2.66. The Morgan fingerprint density at radius 1 is 1.21 bits per heavy atom. The fourth-order valence-corrected chi connectivity index (χ4v) is 3.77. The van der Waals surface area contributed by atoms with Gasteiger partial charge in [-0.2, -0.15) is 0 Å². The molecule has 0 aliphatic carbocycles. The Hall–Kier alpha value is -2.87. The monoisotopic (exact) mass is 398 g/mol. The zero-order chi connectivity index (χ0) is 20.2. The highest BCUT2D eigenvalue weighted by Gasteiger charge is 2.24. The number of amides is 1. The minimum absolute atomic E-state index is 0.122. The summed E-state index contributed by atoms with van der Waals surface area (Å²) in [5, 5.41) is 3.22. The number of carbonyl (C=O) groups excluding carboxylic acids is 1. The molecule has 154 valence electrons. The Morgan fingerprint density at radius 2 is 2.00 bits per heavy atom. The first-order chi connectivity index (χ1) is 14.2. The van der Waals surface area contributed by atoms with Crippen LogP contribution in [0.2, 0.25) is 0 Å². The highest BCUT2D eigenvalue weighted by molar-refractivity contribution is 5.92. The summed E-state index contributed by atoms with van der Waals surface area (Å²) < 4.78 is 16.3. The van der Waals surface area contributed by atoms with Crippen molar-refractivity contribution >= 4 is 11.7 Å². The number of fused-ring (bicyclic) bond motifs is 1. The van der Waals surface area contributed by atoms with Crippen molar-refractivity contribution < 1.29 is 19.0 Å². The van der Waals surface area contributed by atoms with Crippen LogP contribution in [0.1, 0.15) is 34.5 Å². The van der Waals surface area contributed by atoms with Gasteiger partial charge in [0.05, 0.1) is 32.7 Å². The fraction of sp³-hybridized carbons (Fsp3) is 0.476. The molecule has 0 bridgehead atoms. The Labute approximate surface area is 170 Å². The van der Waals surface area contributed by atoms with E-state index in [1.807, 2.05) is 12.1 Å². The second-order valence-electron chi connectivity index (χ2n) is 7.26. The van der Waals surface area contributed by atoms with Crippen LogP contribution in [-0.2, 0) is 17.7 Å². The lowest BCUT2D eigenvalue weighted by molar-refractivity contribution is 0.0728. The van der Waals surface area contributed by atoms with Crippen molar-refractivity contribution in [1.29, 1.82) is 0 Å². The van der Waals surface area contributed by atoms with Crippen molar-refractivity contribution in [3.8, 4) is 11.5 Å². The summed E-state index contributed by atoms with van der Waals surface area (Å²) in [5.41, 5.74) is 2.58. The molecule has 29 heavy (non-hydrogen) atoms. The molecule has 4 rings (SSSR count). The number of hydrogen-bond donors (Lipinski definition) is 1. The number of nitrogens with one attached hydrogen (secondary N) is 1. The molecule has 1 saturated heterocycles. The highest BCUT2D eigenvalue weighted by atomic mass is 16.5. The van der Waals surface area contributed by atoms with Gasteiger partial charge < -0.3 is 24.4 Å². The number of ether oxygens (including phenoxy) is 3. The van der Waals surface area contributed by atoms with E-state index in [1.54, 1.807) is 25.3 Å². The predicted molar refractivity (Wildman–Crippen MR) is 107 cm³/mol. The lowest BCUT2D eigenvalue weighted by atomic mass is 9.98. The quantitative estimate of drug-likeness (QED) is 0.799. The third-order valence-corrected chi connectivity index (χ3v) is 5.41. The Balaban J connectivity index is 1.41. The third-order valence-electron chi connectivity index (χ3n) is 5.41. The minimum Gasteiger partial charge on any atom is -0.493 e. The van der Waals surface area contributed by atoms with Crippen molar-refractivity contribution in [3.63, 3.8) is 0 Å². The normalized spacial score (nSPS) is 18.3. The van der Waals surface area contributed by atoms with Crippen LogP contribution in [0.5, 0.6) is 11.5 Å². The van der Waals surface area contributed by atoms with E-state index >= 15 is 0 Å². The second-order valence-corrected chi connectivity index (χ2v) is 7.26. The highest BCUT2D eigenvalue weighted by Crippen LogP contribution is 2.33. The molecule has 1 aromatic heterocycles. The van der Waals surface area contributed by atoms with E-state index in [4.69, 9.17) is 14.2 Å². The molecule has 0 saturated carbocycles. The predicted octanol–water partition coefficient (Wildman–Crippen LogP) is 2.28. The summed E-state index contributed by atoms with van der Waals surface area (Å²) in [7, 11) is 3.24. The molecule has 2 aliphatic rings. The number of aromatic nitrogens is 2. The maximum Gasteiger partial charge on any atom is 0.274 e. The summed E-state index contributed by atoms with van der Waals surface area (Å²) in [6.07, 6.45) is 6.28. The topological polar surface area (TPSA) is 85.8 Å². The van der Waals surface area contributed by atoms with Crippen LogP contribution in [-0.4, -0.2) is 60.8 Å². The average Bonchev–Trinajstić information content (AvgIpc) is 3.30. The molecule has 8 heteroatoms. The van der Waals surface area contributed by atoms with Gasteiger partial charge in [0, 0.05) is 26.2 Å². The Kier molecular flexibility index (Phi) is 5.80. The van der Waals surface area contributed by atoms with Gasteiger partial charge in [0.1, 0.15) is 11.5 Å². The summed E-state index contributed by atoms with van der Waals surface area (Å²) in [6, 6.07) is 3.93. The Morgan fingerprint density at radius 3 is 2.66 bits per heavy atom. The van der Waals surface area contributed by atoms with Crippen LogP contribution in [0.25, 0.3) is 0 Å². The van der Waals surface area contributed by atoms with Gasteiger partial charge in [0.25, 0.3) is 5.91 Å². The molecule has 2 aromatic rings. The molecule has 8 nitrogen and oxygen atoms in total. The van der Waals surface area contributed by atoms with E-state index < -0.39 is 0 Å². The molecular formula is C21H26N4O4. The number of nitrogens with zero attached hydrogens (tertiary/aromatic N) is 3. The van der Waals surface area contributed by atoms with E-state index in [0.717, 1.165) is 31.4 Å². The van der Waals surface area contributed by atoms with E-state index in [-0.39, 0.29) is 12.0 Å². The maximum absolute atomic E-state index is 12.9. The summed E-state index contributed by atoms with van der Waals surface area (Å²) in [4.78, 5) is 23.3. The number of hydrogen-bond acceptors (Lipinski definition) is 7. The van der Waals surface area contributed by atoms with E-state index in [0.29, 0.717) is 42.6 Å². The van der Waals surface area contributed by atoms with Crippen molar-refractivity contribution in [3.05, 3.63) is 41.3 Å². The zero-order valence-electron chi connectivity index (χ0n) is 16.8. The number of methoxy groups -OCH3 is 2. The number of benzene rings is 1. The van der Waals surface area contributed by atoms with Gasteiger partial charge in [-0.15, -0.1) is 0 Å². The smallest absolute Gasteiger partial charge is 0.274 e. The van der Waals surface area contributed by atoms with Gasteiger partial charge >= 0.3 is 0 Å². The number of rotatable bonds is 6. The largest absolute Gasteiger partial charge is 0.493 e. The van der Waals surface area contributed by atoms with Gasteiger partial charge in [0.15, 0.2) is 11.5 Å². The zero-order valence-corrected chi connectivity index (χ0v) is 16.8. The molecule has 1 atom stereocenters. The summed E-state index contributed by atoms with van der Waals surface area (Å²) in [5.74, 6) is 1.91. The molecule has 3 heterocycles. The van der Waals surface area contributed by atoms with E-state index in [2.05, 4.69) is 15.3 Å². The molecule has 1 unspecified atom stereocenters. The van der Waals surface area contributed by atoms with Crippen molar-refractivity contribution in [2.45, 2.75) is 31.9 Å². The van der Waals surface area contributed by atoms with Crippen LogP contribution < -0.4 is 14.8 Å². The Bertz CT molecular complexity index is 866. The standard InChI is InChI=1S/C21H26N4O4/c1-27-18-8-14-5-6-25(13-15(14)9-19(18)28-2)21(26)17-11-24-20(12-22-17)23-10-16-4-3-7-29-16/h8-9,11-12,16H,3-7,10,13H2,1-2H3,(H,23,24). The van der Waals surface area contributed by atoms with Crippen molar-refractivity contribution in [1.82, 2.24) is 14.9 Å². The van der Waals surface area contributed by atoms with Crippen LogP contribution in [0.4, 0.5) is 5.82 Å². The van der Waals surface area contributed by atoms with Crippen LogP contribution in [0.15, 0.2) is 24.5 Å². The van der Waals surface area contributed by atoms with Gasteiger partial charge in [-0.1, -0.05) is 0 Å². The van der Waals surface area contributed by atoms with Gasteiger partial charge in [-0.05, 0) is 42.5 Å². The number of anilines is 1. The van der Waals surface area contributed by atoms with Crippen molar-refractivity contribution in [2.75, 3.05) is 39.2 Å². The lowest BCUT2D eigenvalue weighted by Crippen LogP contribution is -2.36. The average molecular weight is 398 g/mol. The first-order valence-corrected chi connectivity index (χ1v) is 9.88. The van der Waals surface area contributed by atoms with Gasteiger partial charge in [-0.3, -0.25) is 4.79 Å². The van der Waals surface area contributed by atoms with Crippen LogP contribution >= 0.6 is 0 Å². The second kappa shape index (κ2) is 8.65. The first-order valence-electron chi connectivity index (χ1n) is 9.88. The van der Waals surface area contributed by atoms with E-state index in [9.17, 15) is 4.79 Å². The minimum atomic E-state index is -0.122. The fourth-order valence-electron chi connectivity index (χ4n) is 3.77. The first kappa shape index (κ1) is 19.4.